The molecule has 12 aromatic carbocycles. The second-order valence-corrected chi connectivity index (χ2v) is 28.4. The quantitative estimate of drug-likeness (QED) is 0.0324. The number of hydrogen-bond donors (Lipinski definition) is 3. The van der Waals surface area contributed by atoms with E-state index in [1.54, 1.807) is 19.1 Å². The minimum Gasteiger partial charge on any atom is -0.509 e. The van der Waals surface area contributed by atoms with E-state index in [-0.39, 0.29) is 31.2 Å². The minimum absolute atomic E-state index is 0.00842. The maximum Gasteiger partial charge on any atom is 0.341 e. The highest BCUT2D eigenvalue weighted by molar-refractivity contribution is 5.81. The van der Waals surface area contributed by atoms with E-state index in [1.807, 2.05) is 279 Å². The standard InChI is InChI=1S/C27H25NO2.C26H23NO4.C25H21NO5.C25H21NO3/c1-20(29)18-24-8-3-2-6-22(24)13-10-21-11-16-26(17-12-21)30-19-25-15-14-23-7-4-5-9-27(23)28-25;1-19(28)16-29-23-13-9-20(10-14-23)17-30-24-6-4-7-25(15-24)31-18-22-12-11-21-5-2-3-8-26(21)27-22;27-25(28)17-31-21-9-5-18(6-10-21)15-29-22-11-13-23(14-12-22)30-16-20-8-7-19-3-1-2-4-24(19)26-20;27-25(28)16-21-7-2-1-6-20(21)15-18-9-13-23(14-10-18)29-17-22-12-11-19-5-3-4-8-24(19)26-22/h2-9,11-12,14-17H,10,13,18-19H2,1H3;2-15,28H,1,16-18H2;1-14H,15-17H2,(H,27,28);1-14H,15-17H2,(H,27,28). The van der Waals surface area contributed by atoms with E-state index >= 15 is 0 Å². The molecule has 16 aromatic rings. The number of carboxylic acid groups (broad SMARTS) is 2. The Labute approximate surface area is 702 Å². The van der Waals surface area contributed by atoms with Gasteiger partial charge < -0.3 is 53.2 Å². The molecule has 0 aliphatic heterocycles. The summed E-state index contributed by atoms with van der Waals surface area (Å²) in [5.41, 5.74) is 16.0. The van der Waals surface area contributed by atoms with Crippen molar-refractivity contribution in [3.8, 4) is 46.0 Å². The van der Waals surface area contributed by atoms with E-state index in [4.69, 9.17) is 53.2 Å². The molecule has 0 aliphatic carbocycles. The molecule has 0 unspecified atom stereocenters. The molecule has 0 saturated carbocycles. The van der Waals surface area contributed by atoms with Crippen molar-refractivity contribution >= 4 is 61.3 Å². The number of aryl methyl sites for hydroxylation is 2. The summed E-state index contributed by atoms with van der Waals surface area (Å²) in [6, 6.07) is 110. The van der Waals surface area contributed by atoms with Crippen molar-refractivity contribution < 1.29 is 67.6 Å². The molecule has 4 heterocycles. The fraction of sp³-hybridized carbons (Fsp3) is 0.136. The highest BCUT2D eigenvalue weighted by Crippen LogP contribution is 2.28. The van der Waals surface area contributed by atoms with Gasteiger partial charge in [-0.15, -0.1) is 0 Å². The number of Topliss-reactive ketones (excluding diaryl/α,β-unsaturated/α-hetero) is 1. The summed E-state index contributed by atoms with van der Waals surface area (Å²) < 4.78 is 45.7. The number of ketones is 1. The Morgan fingerprint density at radius 2 is 0.587 bits per heavy atom. The third-order valence-electron chi connectivity index (χ3n) is 19.2. The zero-order valence-corrected chi connectivity index (χ0v) is 66.9. The molecule has 16 rings (SSSR count). The molecule has 606 valence electrons. The highest BCUT2D eigenvalue weighted by atomic mass is 16.5. The number of aliphatic carboxylic acids is 2. The average molecular weight is 1610 g/mol. The fourth-order valence-corrected chi connectivity index (χ4v) is 12.9. The first-order chi connectivity index (χ1) is 59.1. The number of aliphatic hydroxyl groups excluding tert-OH is 1. The Bertz CT molecular complexity index is 6110. The molecule has 18 nitrogen and oxygen atoms in total. The van der Waals surface area contributed by atoms with E-state index in [0.29, 0.717) is 64.0 Å². The van der Waals surface area contributed by atoms with Gasteiger partial charge in [0.15, 0.2) is 6.61 Å². The molecule has 0 aliphatic rings. The number of rotatable bonds is 33. The van der Waals surface area contributed by atoms with E-state index in [0.717, 1.165) is 147 Å². The summed E-state index contributed by atoms with van der Waals surface area (Å²) in [5.74, 6) is 4.07. The number of carbonyl (C=O) groups is 3. The first-order valence-electron chi connectivity index (χ1n) is 39.6. The van der Waals surface area contributed by atoms with Crippen LogP contribution in [-0.4, -0.2) is 66.2 Å². The molecule has 0 fully saturated rings. The lowest BCUT2D eigenvalue weighted by Crippen LogP contribution is -2.09. The third kappa shape index (κ3) is 26.7. The maximum atomic E-state index is 11.5. The van der Waals surface area contributed by atoms with E-state index < -0.39 is 11.9 Å². The Morgan fingerprint density at radius 3 is 0.975 bits per heavy atom. The molecule has 0 spiro atoms. The summed E-state index contributed by atoms with van der Waals surface area (Å²) in [7, 11) is 0. The highest BCUT2D eigenvalue weighted by Gasteiger charge is 2.13. The number of carbonyl (C=O) groups excluding carboxylic acids is 1. The van der Waals surface area contributed by atoms with Gasteiger partial charge in [0.1, 0.15) is 104 Å². The Balaban J connectivity index is 0.000000139. The molecule has 4 aromatic heterocycles. The maximum absolute atomic E-state index is 11.5. The van der Waals surface area contributed by atoms with Crippen LogP contribution in [0.3, 0.4) is 0 Å². The van der Waals surface area contributed by atoms with Crippen LogP contribution in [0.2, 0.25) is 0 Å². The number of para-hydroxylation sites is 4. The van der Waals surface area contributed by atoms with Crippen molar-refractivity contribution in [3.05, 3.63) is 419 Å². The second kappa shape index (κ2) is 43.2. The van der Waals surface area contributed by atoms with Gasteiger partial charge in [-0.25, -0.2) is 24.7 Å². The van der Waals surface area contributed by atoms with Crippen molar-refractivity contribution in [3.63, 3.8) is 0 Å². The van der Waals surface area contributed by atoms with Crippen molar-refractivity contribution in [2.45, 2.75) is 78.7 Å². The Morgan fingerprint density at radius 1 is 0.273 bits per heavy atom. The van der Waals surface area contributed by atoms with Crippen LogP contribution in [0.1, 0.15) is 74.2 Å². The third-order valence-corrected chi connectivity index (χ3v) is 19.2. The van der Waals surface area contributed by atoms with Crippen LogP contribution in [-0.2, 0) is 86.1 Å². The predicted molar refractivity (Wildman–Crippen MR) is 471 cm³/mol. The first-order valence-corrected chi connectivity index (χ1v) is 39.6. The molecule has 0 radical (unpaired) electrons. The molecular formula is C103H90N4O14. The van der Waals surface area contributed by atoms with Gasteiger partial charge in [-0.2, -0.15) is 0 Å². The van der Waals surface area contributed by atoms with Crippen molar-refractivity contribution in [1.82, 2.24) is 19.9 Å². The van der Waals surface area contributed by atoms with Crippen LogP contribution in [0.15, 0.2) is 352 Å². The smallest absolute Gasteiger partial charge is 0.341 e. The van der Waals surface area contributed by atoms with Crippen LogP contribution in [0.4, 0.5) is 0 Å². The van der Waals surface area contributed by atoms with E-state index in [2.05, 4.69) is 75.0 Å². The number of aliphatic hydroxyl groups is 1. The summed E-state index contributed by atoms with van der Waals surface area (Å²) in [6.45, 7) is 7.20. The van der Waals surface area contributed by atoms with Gasteiger partial charge in [0.2, 0.25) is 0 Å². The van der Waals surface area contributed by atoms with Crippen LogP contribution in [0.25, 0.3) is 43.6 Å². The fourth-order valence-electron chi connectivity index (χ4n) is 12.9. The summed E-state index contributed by atoms with van der Waals surface area (Å²) in [6.07, 6.45) is 3.09. The lowest BCUT2D eigenvalue weighted by atomic mass is 9.97. The van der Waals surface area contributed by atoms with Crippen LogP contribution >= 0.6 is 0 Å². The molecule has 0 bridgehead atoms. The van der Waals surface area contributed by atoms with Crippen LogP contribution in [0.5, 0.6) is 46.0 Å². The summed E-state index contributed by atoms with van der Waals surface area (Å²) in [4.78, 5) is 51.6. The number of aromatic nitrogens is 4. The van der Waals surface area contributed by atoms with Gasteiger partial charge in [0.05, 0.1) is 51.3 Å². The van der Waals surface area contributed by atoms with Gasteiger partial charge in [-0.05, 0) is 204 Å². The van der Waals surface area contributed by atoms with Gasteiger partial charge in [0.25, 0.3) is 0 Å². The lowest BCUT2D eigenvalue weighted by Gasteiger charge is -2.10. The molecular weight excluding hydrogens is 1520 g/mol. The molecule has 3 N–H and O–H groups in total. The molecule has 0 saturated heterocycles. The average Bonchev–Trinajstić information content (AvgIpc) is 0.844. The van der Waals surface area contributed by atoms with Crippen LogP contribution < -0.4 is 37.9 Å². The SMILES string of the molecule is C=C(O)COc1ccc(COc2cccc(OCc3ccc4ccccc4n3)c2)cc1.CC(=O)Cc1ccccc1CCc1ccc(OCc2ccc3ccccc3n2)cc1.O=C(O)COc1ccc(COc2ccc(OCc3ccc4ccccc4n3)cc2)cc1.O=C(O)Cc1ccccc1Cc1ccc(OCc2ccc3ccccc3n2)cc1. The van der Waals surface area contributed by atoms with E-state index in [9.17, 15) is 14.4 Å². The zero-order chi connectivity index (χ0) is 83.8. The number of hydrogen-bond acceptors (Lipinski definition) is 16. The topological polar surface area (TPSA) is 237 Å². The first kappa shape index (κ1) is 83.8. The van der Waals surface area contributed by atoms with Gasteiger partial charge in [0, 0.05) is 34.0 Å². The van der Waals surface area contributed by atoms with Crippen molar-refractivity contribution in [2.75, 3.05) is 13.2 Å². The number of pyridine rings is 4. The minimum atomic E-state index is -1.01. The number of nitrogens with zero attached hydrogens (tertiary/aromatic N) is 4. The summed E-state index contributed by atoms with van der Waals surface area (Å²) in [5, 5.41) is 31.3. The molecule has 18 heteroatoms. The number of carboxylic acids is 2. The van der Waals surface area contributed by atoms with Crippen molar-refractivity contribution in [1.29, 1.82) is 0 Å². The van der Waals surface area contributed by atoms with Gasteiger partial charge >= 0.3 is 11.9 Å². The van der Waals surface area contributed by atoms with Crippen molar-refractivity contribution in [2.24, 2.45) is 0 Å². The Hall–Kier alpha value is -15.2. The van der Waals surface area contributed by atoms with Crippen LogP contribution in [0, 0.1) is 0 Å². The molecule has 0 amide bonds. The monoisotopic (exact) mass is 1610 g/mol. The molecule has 121 heavy (non-hydrogen) atoms. The number of fused-ring (bicyclic) bond motifs is 4. The predicted octanol–water partition coefficient (Wildman–Crippen LogP) is 21.5. The number of benzene rings is 12. The lowest BCUT2D eigenvalue weighted by molar-refractivity contribution is -0.139. The second-order valence-electron chi connectivity index (χ2n) is 28.4. The van der Waals surface area contributed by atoms with Gasteiger partial charge in [-0.3, -0.25) is 9.59 Å². The zero-order valence-electron chi connectivity index (χ0n) is 66.9. The summed E-state index contributed by atoms with van der Waals surface area (Å²) >= 11 is 0. The number of ether oxygens (including phenoxy) is 8. The largest absolute Gasteiger partial charge is 0.509 e. The van der Waals surface area contributed by atoms with Gasteiger partial charge in [-0.1, -0.05) is 207 Å². The molecule has 0 atom stereocenters. The van der Waals surface area contributed by atoms with E-state index in [1.165, 1.54) is 11.1 Å². The Kier molecular flexibility index (Phi) is 29.9. The normalized spacial score (nSPS) is 10.7.